The molecule has 0 aromatic carbocycles. The largest absolute Gasteiger partial charge is 0.310 e. The number of nitrogens with one attached hydrogen (secondary N) is 1. The maximum absolute atomic E-state index is 12.2. The van der Waals surface area contributed by atoms with Crippen LogP contribution in [0.15, 0.2) is 29.2 Å². The molecule has 2 aromatic rings. The van der Waals surface area contributed by atoms with Crippen molar-refractivity contribution in [3.05, 3.63) is 45.5 Å². The summed E-state index contributed by atoms with van der Waals surface area (Å²) in [7, 11) is 0. The third-order valence-electron chi connectivity index (χ3n) is 4.67. The standard InChI is InChI=1S/C16H19ClN4O.ClH/c17-11-1-4-15-19-14(7-16(22)21(15)8-11)10-20-6-5-12-2-3-13(9-20)18-12;/h1,4,7-8,12-13,18H,2-3,5-6,9-10H2;1H. The Hall–Kier alpha value is -1.14. The van der Waals surface area contributed by atoms with Crippen LogP contribution < -0.4 is 10.9 Å². The first-order valence-corrected chi connectivity index (χ1v) is 8.21. The van der Waals surface area contributed by atoms with E-state index in [2.05, 4.69) is 15.2 Å². The number of nitrogens with zero attached hydrogens (tertiary/aromatic N) is 3. The minimum absolute atomic E-state index is 0. The molecule has 23 heavy (non-hydrogen) atoms. The van der Waals surface area contributed by atoms with Gasteiger partial charge in [-0.1, -0.05) is 11.6 Å². The van der Waals surface area contributed by atoms with E-state index in [4.69, 9.17) is 11.6 Å². The van der Waals surface area contributed by atoms with Gasteiger partial charge in [0.25, 0.3) is 5.56 Å². The molecule has 2 saturated heterocycles. The molecule has 5 nitrogen and oxygen atoms in total. The molecule has 0 radical (unpaired) electrons. The molecule has 0 spiro atoms. The molecule has 2 aromatic heterocycles. The molecule has 0 saturated carbocycles. The van der Waals surface area contributed by atoms with Gasteiger partial charge in [-0.3, -0.25) is 14.1 Å². The second-order valence-corrected chi connectivity index (χ2v) is 6.76. The van der Waals surface area contributed by atoms with Gasteiger partial charge in [-0.15, -0.1) is 12.4 Å². The first-order valence-electron chi connectivity index (χ1n) is 7.84. The van der Waals surface area contributed by atoms with Crippen LogP contribution in [0.1, 0.15) is 25.0 Å². The Morgan fingerprint density at radius 3 is 2.96 bits per heavy atom. The highest BCUT2D eigenvalue weighted by atomic mass is 35.5. The number of likely N-dealkylation sites (tertiary alicyclic amines) is 1. The number of hydrogen-bond acceptors (Lipinski definition) is 4. The van der Waals surface area contributed by atoms with Crippen LogP contribution in [-0.4, -0.2) is 39.5 Å². The maximum atomic E-state index is 12.2. The Kier molecular flexibility index (Phi) is 4.92. The van der Waals surface area contributed by atoms with Gasteiger partial charge in [-0.25, -0.2) is 4.98 Å². The number of fused-ring (bicyclic) bond motifs is 3. The summed E-state index contributed by atoms with van der Waals surface area (Å²) < 4.78 is 1.50. The van der Waals surface area contributed by atoms with E-state index in [1.165, 1.54) is 23.7 Å². The van der Waals surface area contributed by atoms with Gasteiger partial charge in [0, 0.05) is 44.0 Å². The van der Waals surface area contributed by atoms with E-state index in [0.29, 0.717) is 22.8 Å². The van der Waals surface area contributed by atoms with Crippen LogP contribution in [0.25, 0.3) is 5.65 Å². The van der Waals surface area contributed by atoms with Crippen molar-refractivity contribution < 1.29 is 0 Å². The highest BCUT2D eigenvalue weighted by Crippen LogP contribution is 2.21. The fourth-order valence-corrected chi connectivity index (χ4v) is 3.76. The summed E-state index contributed by atoms with van der Waals surface area (Å²) in [6, 6.07) is 6.45. The molecule has 124 valence electrons. The Morgan fingerprint density at radius 1 is 1.26 bits per heavy atom. The number of pyridine rings is 1. The molecule has 1 N–H and O–H groups in total. The Labute approximate surface area is 146 Å². The van der Waals surface area contributed by atoms with Gasteiger partial charge in [0.1, 0.15) is 5.65 Å². The van der Waals surface area contributed by atoms with Crippen molar-refractivity contribution >= 4 is 29.7 Å². The zero-order valence-electron chi connectivity index (χ0n) is 12.7. The van der Waals surface area contributed by atoms with Crippen molar-refractivity contribution in [3.63, 3.8) is 0 Å². The topological polar surface area (TPSA) is 49.6 Å². The fourth-order valence-electron chi connectivity index (χ4n) is 3.60. The van der Waals surface area contributed by atoms with E-state index < -0.39 is 0 Å². The molecule has 2 unspecified atom stereocenters. The predicted octanol–water partition coefficient (Wildman–Crippen LogP) is 2.10. The van der Waals surface area contributed by atoms with Gasteiger partial charge in [-0.2, -0.15) is 0 Å². The van der Waals surface area contributed by atoms with E-state index in [1.807, 2.05) is 0 Å². The zero-order valence-corrected chi connectivity index (χ0v) is 14.3. The highest BCUT2D eigenvalue weighted by molar-refractivity contribution is 6.30. The van der Waals surface area contributed by atoms with Gasteiger partial charge in [0.2, 0.25) is 0 Å². The van der Waals surface area contributed by atoms with Gasteiger partial charge >= 0.3 is 0 Å². The van der Waals surface area contributed by atoms with E-state index in [9.17, 15) is 4.79 Å². The van der Waals surface area contributed by atoms with E-state index in [-0.39, 0.29) is 18.0 Å². The molecule has 0 amide bonds. The monoisotopic (exact) mass is 354 g/mol. The number of hydrogen-bond donors (Lipinski definition) is 1. The summed E-state index contributed by atoms with van der Waals surface area (Å²) in [5.41, 5.74) is 1.42. The Bertz CT molecular complexity index is 763. The van der Waals surface area contributed by atoms with Crippen molar-refractivity contribution in [1.29, 1.82) is 0 Å². The quantitative estimate of drug-likeness (QED) is 0.897. The molecule has 2 aliphatic heterocycles. The van der Waals surface area contributed by atoms with Crippen LogP contribution in [0.2, 0.25) is 5.02 Å². The van der Waals surface area contributed by atoms with Gasteiger partial charge < -0.3 is 5.32 Å². The van der Waals surface area contributed by atoms with E-state index >= 15 is 0 Å². The summed E-state index contributed by atoms with van der Waals surface area (Å²) in [4.78, 5) is 19.2. The van der Waals surface area contributed by atoms with Crippen LogP contribution in [0.5, 0.6) is 0 Å². The molecule has 2 bridgehead atoms. The van der Waals surface area contributed by atoms with Crippen molar-refractivity contribution in [1.82, 2.24) is 19.6 Å². The lowest BCUT2D eigenvalue weighted by Gasteiger charge is -2.23. The summed E-state index contributed by atoms with van der Waals surface area (Å²) in [6.07, 6.45) is 5.35. The van der Waals surface area contributed by atoms with Crippen LogP contribution in [-0.2, 0) is 6.54 Å². The highest BCUT2D eigenvalue weighted by Gasteiger charge is 2.29. The average Bonchev–Trinajstić information content (AvgIpc) is 2.83. The third kappa shape index (κ3) is 3.53. The lowest BCUT2D eigenvalue weighted by atomic mass is 10.1. The molecule has 2 atom stereocenters. The minimum Gasteiger partial charge on any atom is -0.310 e. The normalized spacial score (nSPS) is 24.4. The van der Waals surface area contributed by atoms with Crippen LogP contribution >= 0.6 is 24.0 Å². The van der Waals surface area contributed by atoms with Gasteiger partial charge in [-0.05, 0) is 31.4 Å². The number of aromatic nitrogens is 2. The van der Waals surface area contributed by atoms with Crippen molar-refractivity contribution in [3.8, 4) is 0 Å². The summed E-state index contributed by atoms with van der Waals surface area (Å²) in [5, 5.41) is 4.21. The van der Waals surface area contributed by atoms with Crippen molar-refractivity contribution in [2.24, 2.45) is 0 Å². The molecular formula is C16H20Cl2N4O. The van der Waals surface area contributed by atoms with Crippen molar-refractivity contribution in [2.45, 2.75) is 37.9 Å². The fraction of sp³-hybridized carbons (Fsp3) is 0.500. The lowest BCUT2D eigenvalue weighted by molar-refractivity contribution is 0.248. The smallest absolute Gasteiger partial charge is 0.258 e. The lowest BCUT2D eigenvalue weighted by Crippen LogP contribution is -2.35. The van der Waals surface area contributed by atoms with Crippen LogP contribution in [0.3, 0.4) is 0 Å². The zero-order chi connectivity index (χ0) is 15.1. The first kappa shape index (κ1) is 16.7. The van der Waals surface area contributed by atoms with Crippen LogP contribution in [0, 0.1) is 0 Å². The molecule has 4 heterocycles. The molecular weight excluding hydrogens is 335 g/mol. The second-order valence-electron chi connectivity index (χ2n) is 6.32. The maximum Gasteiger partial charge on any atom is 0.258 e. The Balaban J connectivity index is 0.00000156. The summed E-state index contributed by atoms with van der Waals surface area (Å²) in [6.45, 7) is 2.84. The van der Waals surface area contributed by atoms with E-state index in [0.717, 1.165) is 25.3 Å². The molecule has 7 heteroatoms. The minimum atomic E-state index is -0.0723. The van der Waals surface area contributed by atoms with E-state index in [1.54, 1.807) is 24.4 Å². The number of halogens is 2. The average molecular weight is 355 g/mol. The SMILES string of the molecule is Cl.O=c1cc(CN2CCC3CCC(C2)N3)nc2ccc(Cl)cn12. The van der Waals surface area contributed by atoms with Crippen LogP contribution in [0.4, 0.5) is 0 Å². The molecule has 0 aliphatic carbocycles. The second kappa shape index (κ2) is 6.77. The Morgan fingerprint density at radius 2 is 2.09 bits per heavy atom. The third-order valence-corrected chi connectivity index (χ3v) is 4.89. The molecule has 2 fully saturated rings. The first-order chi connectivity index (χ1) is 10.7. The molecule has 2 aliphatic rings. The summed E-state index contributed by atoms with van der Waals surface area (Å²) in [5.74, 6) is 0. The van der Waals surface area contributed by atoms with Gasteiger partial charge in [0.15, 0.2) is 0 Å². The van der Waals surface area contributed by atoms with Gasteiger partial charge in [0.05, 0.1) is 10.7 Å². The summed E-state index contributed by atoms with van der Waals surface area (Å²) >= 11 is 5.94. The number of rotatable bonds is 2. The predicted molar refractivity (Wildman–Crippen MR) is 93.6 cm³/mol. The molecule has 4 rings (SSSR count). The van der Waals surface area contributed by atoms with Crippen molar-refractivity contribution in [2.75, 3.05) is 13.1 Å².